The van der Waals surface area contributed by atoms with Crippen molar-refractivity contribution in [2.75, 3.05) is 36.5 Å². The lowest BCUT2D eigenvalue weighted by Gasteiger charge is -2.28. The van der Waals surface area contributed by atoms with Gasteiger partial charge in [0.25, 0.3) is 0 Å². The number of benzene rings is 2. The first-order valence-electron chi connectivity index (χ1n) is 7.99. The molecule has 4 nitrogen and oxygen atoms in total. The number of carbonyl (C=O) groups excluding carboxylic acids is 1. The van der Waals surface area contributed by atoms with E-state index in [1.807, 2.05) is 24.3 Å². The molecule has 1 saturated heterocycles. The molecule has 0 spiro atoms. The number of anilines is 2. The summed E-state index contributed by atoms with van der Waals surface area (Å²) in [6.07, 6.45) is 2.63. The summed E-state index contributed by atoms with van der Waals surface area (Å²) in [7, 11) is 0. The molecular formula is C19H18ClFN2O2. The Bertz CT molecular complexity index is 751. The van der Waals surface area contributed by atoms with Crippen molar-refractivity contribution in [3.8, 4) is 0 Å². The lowest BCUT2D eigenvalue weighted by atomic mass is 10.2. The van der Waals surface area contributed by atoms with E-state index in [-0.39, 0.29) is 16.5 Å². The van der Waals surface area contributed by atoms with Gasteiger partial charge >= 0.3 is 0 Å². The highest BCUT2D eigenvalue weighted by Gasteiger charge is 2.11. The van der Waals surface area contributed by atoms with Crippen LogP contribution >= 0.6 is 11.6 Å². The van der Waals surface area contributed by atoms with E-state index in [2.05, 4.69) is 10.2 Å². The van der Waals surface area contributed by atoms with E-state index in [0.717, 1.165) is 32.0 Å². The van der Waals surface area contributed by atoms with Crippen molar-refractivity contribution in [3.05, 3.63) is 64.9 Å². The highest BCUT2D eigenvalue weighted by atomic mass is 35.5. The molecule has 1 aliphatic heterocycles. The van der Waals surface area contributed by atoms with Crippen LogP contribution in [0.25, 0.3) is 6.08 Å². The van der Waals surface area contributed by atoms with Gasteiger partial charge in [-0.2, -0.15) is 0 Å². The Morgan fingerprint density at radius 3 is 2.56 bits per heavy atom. The maximum Gasteiger partial charge on any atom is 0.248 e. The molecule has 1 aliphatic rings. The third kappa shape index (κ3) is 4.59. The topological polar surface area (TPSA) is 41.6 Å². The molecule has 0 unspecified atom stereocenters. The molecule has 0 bridgehead atoms. The number of hydrogen-bond acceptors (Lipinski definition) is 3. The lowest BCUT2D eigenvalue weighted by Crippen LogP contribution is -2.36. The van der Waals surface area contributed by atoms with Crippen LogP contribution in [0.15, 0.2) is 48.5 Å². The Balaban J connectivity index is 1.62. The van der Waals surface area contributed by atoms with E-state index >= 15 is 0 Å². The van der Waals surface area contributed by atoms with Gasteiger partial charge in [-0.1, -0.05) is 17.7 Å². The quantitative estimate of drug-likeness (QED) is 0.839. The molecule has 130 valence electrons. The molecule has 0 atom stereocenters. The Kier molecular flexibility index (Phi) is 5.68. The van der Waals surface area contributed by atoms with Crippen molar-refractivity contribution in [1.29, 1.82) is 0 Å². The number of nitrogens with one attached hydrogen (secondary N) is 1. The van der Waals surface area contributed by atoms with Gasteiger partial charge in [-0.05, 0) is 42.5 Å². The van der Waals surface area contributed by atoms with E-state index in [9.17, 15) is 9.18 Å². The summed E-state index contributed by atoms with van der Waals surface area (Å²) in [4.78, 5) is 14.2. The van der Waals surface area contributed by atoms with Gasteiger partial charge in [0.2, 0.25) is 5.91 Å². The highest BCUT2D eigenvalue weighted by Crippen LogP contribution is 2.21. The van der Waals surface area contributed by atoms with Crippen LogP contribution in [-0.4, -0.2) is 32.2 Å². The van der Waals surface area contributed by atoms with Crippen molar-refractivity contribution in [3.63, 3.8) is 0 Å². The molecule has 1 amide bonds. The van der Waals surface area contributed by atoms with Crippen LogP contribution < -0.4 is 10.2 Å². The Hall–Kier alpha value is -2.37. The summed E-state index contributed by atoms with van der Waals surface area (Å²) in [6.45, 7) is 3.17. The molecule has 0 radical (unpaired) electrons. The van der Waals surface area contributed by atoms with E-state index in [1.165, 1.54) is 24.3 Å². The maximum atomic E-state index is 13.7. The maximum absolute atomic E-state index is 13.7. The molecule has 1 fully saturated rings. The van der Waals surface area contributed by atoms with Gasteiger partial charge in [-0.3, -0.25) is 4.79 Å². The fraction of sp³-hybridized carbons (Fsp3) is 0.211. The van der Waals surface area contributed by atoms with Gasteiger partial charge in [0.05, 0.1) is 18.2 Å². The second kappa shape index (κ2) is 8.14. The minimum Gasteiger partial charge on any atom is -0.378 e. The van der Waals surface area contributed by atoms with Crippen molar-refractivity contribution in [1.82, 2.24) is 0 Å². The van der Waals surface area contributed by atoms with Crippen LogP contribution in [0, 0.1) is 5.82 Å². The molecule has 1 heterocycles. The number of halogens is 2. The van der Waals surface area contributed by atoms with E-state index < -0.39 is 5.82 Å². The Labute approximate surface area is 150 Å². The van der Waals surface area contributed by atoms with Crippen LogP contribution in [0.1, 0.15) is 5.56 Å². The number of nitrogens with zero attached hydrogens (tertiary/aromatic N) is 1. The van der Waals surface area contributed by atoms with Crippen molar-refractivity contribution >= 4 is 35.0 Å². The number of ether oxygens (including phenoxy) is 1. The van der Waals surface area contributed by atoms with Crippen LogP contribution in [0.3, 0.4) is 0 Å². The fourth-order valence-electron chi connectivity index (χ4n) is 2.59. The monoisotopic (exact) mass is 360 g/mol. The second-order valence-electron chi connectivity index (χ2n) is 5.60. The predicted molar refractivity (Wildman–Crippen MR) is 98.5 cm³/mol. The summed E-state index contributed by atoms with van der Waals surface area (Å²) in [5, 5.41) is 3.01. The second-order valence-corrected chi connectivity index (χ2v) is 6.01. The van der Waals surface area contributed by atoms with Gasteiger partial charge in [-0.15, -0.1) is 0 Å². The third-order valence-electron chi connectivity index (χ3n) is 3.91. The minimum absolute atomic E-state index is 0.196. The van der Waals surface area contributed by atoms with Gasteiger partial charge in [-0.25, -0.2) is 4.39 Å². The zero-order valence-corrected chi connectivity index (χ0v) is 14.3. The molecule has 2 aromatic carbocycles. The van der Waals surface area contributed by atoms with Crippen molar-refractivity contribution < 1.29 is 13.9 Å². The largest absolute Gasteiger partial charge is 0.378 e. The SMILES string of the molecule is O=C(C=Cc1c(F)cccc1Cl)Nc1ccc(N2CCOCC2)cc1. The minimum atomic E-state index is -0.466. The van der Waals surface area contributed by atoms with Crippen LogP contribution in [0.2, 0.25) is 5.02 Å². The zero-order valence-electron chi connectivity index (χ0n) is 13.5. The van der Waals surface area contributed by atoms with Gasteiger partial charge in [0.1, 0.15) is 5.82 Å². The average molecular weight is 361 g/mol. The number of morpholine rings is 1. The first kappa shape index (κ1) is 17.5. The molecule has 3 rings (SSSR count). The van der Waals surface area contributed by atoms with Crippen LogP contribution in [-0.2, 0) is 9.53 Å². The normalized spacial score (nSPS) is 14.7. The summed E-state index contributed by atoms with van der Waals surface area (Å²) >= 11 is 5.93. The van der Waals surface area contributed by atoms with Crippen LogP contribution in [0.4, 0.5) is 15.8 Å². The van der Waals surface area contributed by atoms with Crippen molar-refractivity contribution in [2.45, 2.75) is 0 Å². The van der Waals surface area contributed by atoms with Gasteiger partial charge in [0.15, 0.2) is 0 Å². The zero-order chi connectivity index (χ0) is 17.6. The third-order valence-corrected chi connectivity index (χ3v) is 4.24. The van der Waals surface area contributed by atoms with E-state index in [0.29, 0.717) is 5.69 Å². The predicted octanol–water partition coefficient (Wildman–Crippen LogP) is 3.97. The van der Waals surface area contributed by atoms with Gasteiger partial charge in [0, 0.05) is 36.1 Å². The first-order valence-corrected chi connectivity index (χ1v) is 8.37. The highest BCUT2D eigenvalue weighted by molar-refractivity contribution is 6.32. The smallest absolute Gasteiger partial charge is 0.248 e. The fourth-order valence-corrected chi connectivity index (χ4v) is 2.82. The standard InChI is InChI=1S/C19H18ClFN2O2/c20-17-2-1-3-18(21)16(17)8-9-19(24)22-14-4-6-15(7-5-14)23-10-12-25-13-11-23/h1-9H,10-13H2,(H,22,24). The summed E-state index contributed by atoms with van der Waals surface area (Å²) in [6, 6.07) is 12.0. The van der Waals surface area contributed by atoms with Crippen LogP contribution in [0.5, 0.6) is 0 Å². The Morgan fingerprint density at radius 2 is 1.88 bits per heavy atom. The summed E-state index contributed by atoms with van der Waals surface area (Å²) in [5.41, 5.74) is 1.96. The molecule has 0 saturated carbocycles. The molecular weight excluding hydrogens is 343 g/mol. The van der Waals surface area contributed by atoms with E-state index in [1.54, 1.807) is 6.07 Å². The first-order chi connectivity index (χ1) is 12.1. The number of amides is 1. The molecule has 0 aliphatic carbocycles. The Morgan fingerprint density at radius 1 is 1.16 bits per heavy atom. The van der Waals surface area contributed by atoms with E-state index in [4.69, 9.17) is 16.3 Å². The van der Waals surface area contributed by atoms with Gasteiger partial charge < -0.3 is 15.0 Å². The molecule has 0 aromatic heterocycles. The molecule has 6 heteroatoms. The summed E-state index contributed by atoms with van der Waals surface area (Å²) < 4.78 is 19.0. The number of hydrogen-bond donors (Lipinski definition) is 1. The lowest BCUT2D eigenvalue weighted by molar-refractivity contribution is -0.111. The number of rotatable bonds is 4. The van der Waals surface area contributed by atoms with Crippen molar-refractivity contribution in [2.24, 2.45) is 0 Å². The molecule has 25 heavy (non-hydrogen) atoms. The number of carbonyl (C=O) groups is 1. The molecule has 2 aromatic rings. The summed E-state index contributed by atoms with van der Waals surface area (Å²) in [5.74, 6) is -0.815. The average Bonchev–Trinajstić information content (AvgIpc) is 2.63. The molecule has 1 N–H and O–H groups in total.